The van der Waals surface area contributed by atoms with Crippen LogP contribution in [0.3, 0.4) is 0 Å². The van der Waals surface area contributed by atoms with Crippen LogP contribution in [0.4, 0.5) is 0 Å². The monoisotopic (exact) mass is 264 g/mol. The largest absolute Gasteiger partial charge is 0.348 e. The molecule has 1 fully saturated rings. The molecule has 2 heterocycles. The molecule has 0 bridgehead atoms. The van der Waals surface area contributed by atoms with Crippen molar-refractivity contribution in [2.45, 2.75) is 25.8 Å². The zero-order valence-corrected chi connectivity index (χ0v) is 11.4. The minimum atomic E-state index is -0.215. The lowest BCUT2D eigenvalue weighted by Crippen LogP contribution is -2.44. The van der Waals surface area contributed by atoms with Crippen molar-refractivity contribution in [3.63, 3.8) is 0 Å². The average molecular weight is 264 g/mol. The summed E-state index contributed by atoms with van der Waals surface area (Å²) in [7, 11) is 1.54. The standard InChI is InChI=1S/C13H20N4O2/c1-3-17-8-6-10(7-9-17)14-13(19)11-4-5-12(18)16(2)15-11/h4-5,10H,3,6-9H2,1-2H3,(H,14,19). The van der Waals surface area contributed by atoms with E-state index in [0.717, 1.165) is 32.5 Å². The lowest BCUT2D eigenvalue weighted by atomic mass is 10.0. The second kappa shape index (κ2) is 5.97. The number of piperidine rings is 1. The number of carbonyl (C=O) groups is 1. The molecule has 6 nitrogen and oxygen atoms in total. The highest BCUT2D eigenvalue weighted by molar-refractivity contribution is 5.92. The van der Waals surface area contributed by atoms with Gasteiger partial charge in [-0.05, 0) is 25.5 Å². The van der Waals surface area contributed by atoms with E-state index in [0.29, 0.717) is 5.69 Å². The predicted molar refractivity (Wildman–Crippen MR) is 72.1 cm³/mol. The summed E-state index contributed by atoms with van der Waals surface area (Å²) in [6.45, 7) is 5.24. The first-order valence-electron chi connectivity index (χ1n) is 6.67. The van der Waals surface area contributed by atoms with E-state index in [9.17, 15) is 9.59 Å². The number of hydrogen-bond acceptors (Lipinski definition) is 4. The van der Waals surface area contributed by atoms with Crippen LogP contribution in [-0.4, -0.2) is 46.3 Å². The minimum Gasteiger partial charge on any atom is -0.348 e. The lowest BCUT2D eigenvalue weighted by Gasteiger charge is -2.31. The van der Waals surface area contributed by atoms with Crippen LogP contribution in [0.5, 0.6) is 0 Å². The van der Waals surface area contributed by atoms with Gasteiger partial charge in [-0.3, -0.25) is 9.59 Å². The summed E-state index contributed by atoms with van der Waals surface area (Å²) in [5, 5.41) is 6.93. The first-order valence-corrected chi connectivity index (χ1v) is 6.67. The molecule has 1 amide bonds. The molecule has 0 saturated carbocycles. The smallest absolute Gasteiger partial charge is 0.271 e. The molecule has 0 spiro atoms. The molecular weight excluding hydrogens is 244 g/mol. The summed E-state index contributed by atoms with van der Waals surface area (Å²) >= 11 is 0. The van der Waals surface area contributed by atoms with E-state index in [-0.39, 0.29) is 17.5 Å². The van der Waals surface area contributed by atoms with Gasteiger partial charge in [0.2, 0.25) is 0 Å². The van der Waals surface area contributed by atoms with Gasteiger partial charge in [-0.15, -0.1) is 0 Å². The van der Waals surface area contributed by atoms with Crippen LogP contribution >= 0.6 is 0 Å². The number of carbonyl (C=O) groups excluding carboxylic acids is 1. The van der Waals surface area contributed by atoms with Crippen molar-refractivity contribution in [3.8, 4) is 0 Å². The van der Waals surface area contributed by atoms with Crippen LogP contribution < -0.4 is 10.9 Å². The Morgan fingerprint density at radius 2 is 2.11 bits per heavy atom. The van der Waals surface area contributed by atoms with Crippen molar-refractivity contribution in [3.05, 3.63) is 28.2 Å². The number of aromatic nitrogens is 2. The Balaban J connectivity index is 1.94. The Kier molecular flexibility index (Phi) is 4.31. The average Bonchev–Trinajstić information content (AvgIpc) is 2.42. The SMILES string of the molecule is CCN1CCC(NC(=O)c2ccc(=O)n(C)n2)CC1. The Bertz CT molecular complexity index is 504. The second-order valence-corrected chi connectivity index (χ2v) is 4.86. The Labute approximate surface area is 112 Å². The Hall–Kier alpha value is -1.69. The summed E-state index contributed by atoms with van der Waals surface area (Å²) in [5.41, 5.74) is 0.0767. The molecule has 104 valence electrons. The molecule has 1 aliphatic heterocycles. The summed E-state index contributed by atoms with van der Waals surface area (Å²) in [5.74, 6) is -0.203. The van der Waals surface area contributed by atoms with E-state index in [1.165, 1.54) is 16.8 Å². The lowest BCUT2D eigenvalue weighted by molar-refractivity contribution is 0.0905. The highest BCUT2D eigenvalue weighted by Crippen LogP contribution is 2.10. The van der Waals surface area contributed by atoms with Crippen molar-refractivity contribution < 1.29 is 4.79 Å². The third-order valence-corrected chi connectivity index (χ3v) is 3.56. The van der Waals surface area contributed by atoms with Crippen LogP contribution in [-0.2, 0) is 7.05 Å². The first-order chi connectivity index (χ1) is 9.10. The van der Waals surface area contributed by atoms with Gasteiger partial charge in [0, 0.05) is 32.2 Å². The second-order valence-electron chi connectivity index (χ2n) is 4.86. The highest BCUT2D eigenvalue weighted by atomic mass is 16.2. The molecule has 1 aromatic rings. The minimum absolute atomic E-state index is 0.203. The number of likely N-dealkylation sites (tertiary alicyclic amines) is 1. The van der Waals surface area contributed by atoms with Gasteiger partial charge >= 0.3 is 0 Å². The van der Waals surface area contributed by atoms with Gasteiger partial charge in [-0.1, -0.05) is 6.92 Å². The van der Waals surface area contributed by atoms with Gasteiger partial charge in [0.05, 0.1) is 0 Å². The summed E-state index contributed by atoms with van der Waals surface area (Å²) in [6, 6.07) is 3.04. The number of rotatable bonds is 3. The van der Waals surface area contributed by atoms with Crippen LogP contribution in [0, 0.1) is 0 Å². The fraction of sp³-hybridized carbons (Fsp3) is 0.615. The molecule has 1 N–H and O–H groups in total. The van der Waals surface area contributed by atoms with Gasteiger partial charge in [0.1, 0.15) is 5.69 Å². The van der Waals surface area contributed by atoms with Gasteiger partial charge in [-0.2, -0.15) is 5.10 Å². The fourth-order valence-electron chi connectivity index (χ4n) is 2.28. The molecule has 0 aromatic carbocycles. The molecule has 0 unspecified atom stereocenters. The normalized spacial score (nSPS) is 17.4. The maximum absolute atomic E-state index is 12.0. The van der Waals surface area contributed by atoms with Crippen molar-refractivity contribution in [2.24, 2.45) is 7.05 Å². The van der Waals surface area contributed by atoms with Crippen molar-refractivity contribution >= 4 is 5.91 Å². The zero-order chi connectivity index (χ0) is 13.8. The molecule has 0 radical (unpaired) electrons. The van der Waals surface area contributed by atoms with Gasteiger partial charge < -0.3 is 10.2 Å². The summed E-state index contributed by atoms with van der Waals surface area (Å²) < 4.78 is 1.18. The first kappa shape index (κ1) is 13.7. The van der Waals surface area contributed by atoms with Crippen molar-refractivity contribution in [2.75, 3.05) is 19.6 Å². The number of hydrogen-bond donors (Lipinski definition) is 1. The molecule has 0 atom stereocenters. The van der Waals surface area contributed by atoms with Gasteiger partial charge in [-0.25, -0.2) is 4.68 Å². The number of nitrogens with zero attached hydrogens (tertiary/aromatic N) is 3. The summed E-state index contributed by atoms with van der Waals surface area (Å²) in [4.78, 5) is 25.6. The van der Waals surface area contributed by atoms with E-state index in [4.69, 9.17) is 0 Å². The number of amides is 1. The van der Waals surface area contributed by atoms with Crippen LogP contribution in [0.15, 0.2) is 16.9 Å². The third kappa shape index (κ3) is 3.41. The van der Waals surface area contributed by atoms with E-state index >= 15 is 0 Å². The van der Waals surface area contributed by atoms with Crippen molar-refractivity contribution in [1.82, 2.24) is 20.0 Å². The van der Waals surface area contributed by atoms with Gasteiger partial charge in [0.25, 0.3) is 11.5 Å². The number of nitrogens with one attached hydrogen (secondary N) is 1. The molecular formula is C13H20N4O2. The number of aryl methyl sites for hydroxylation is 1. The molecule has 19 heavy (non-hydrogen) atoms. The van der Waals surface area contributed by atoms with Crippen LogP contribution in [0.2, 0.25) is 0 Å². The molecule has 6 heteroatoms. The van der Waals surface area contributed by atoms with Crippen LogP contribution in [0.25, 0.3) is 0 Å². The maximum Gasteiger partial charge on any atom is 0.271 e. The molecule has 0 aliphatic carbocycles. The molecule has 1 saturated heterocycles. The van der Waals surface area contributed by atoms with E-state index in [2.05, 4.69) is 22.2 Å². The fourth-order valence-corrected chi connectivity index (χ4v) is 2.28. The Morgan fingerprint density at radius 1 is 1.42 bits per heavy atom. The Morgan fingerprint density at radius 3 is 2.68 bits per heavy atom. The van der Waals surface area contributed by atoms with E-state index in [1.807, 2.05) is 0 Å². The zero-order valence-electron chi connectivity index (χ0n) is 11.4. The maximum atomic E-state index is 12.0. The molecule has 2 rings (SSSR count). The highest BCUT2D eigenvalue weighted by Gasteiger charge is 2.20. The van der Waals surface area contributed by atoms with Crippen LogP contribution in [0.1, 0.15) is 30.3 Å². The molecule has 1 aliphatic rings. The molecule has 1 aromatic heterocycles. The quantitative estimate of drug-likeness (QED) is 0.834. The van der Waals surface area contributed by atoms with E-state index in [1.54, 1.807) is 7.05 Å². The van der Waals surface area contributed by atoms with Crippen molar-refractivity contribution in [1.29, 1.82) is 0 Å². The summed E-state index contributed by atoms with van der Waals surface area (Å²) in [6.07, 6.45) is 1.93. The van der Waals surface area contributed by atoms with E-state index < -0.39 is 0 Å². The predicted octanol–water partition coefficient (Wildman–Crippen LogP) is -0.00560. The third-order valence-electron chi connectivity index (χ3n) is 3.56. The van der Waals surface area contributed by atoms with Gasteiger partial charge in [0.15, 0.2) is 0 Å². The topological polar surface area (TPSA) is 67.2 Å².